The van der Waals surface area contributed by atoms with Gasteiger partial charge in [-0.1, -0.05) is 24.3 Å². The summed E-state index contributed by atoms with van der Waals surface area (Å²) in [5.41, 5.74) is 3.07. The number of anilines is 1. The fraction of sp³-hybridized carbons (Fsp3) is 0.0455. The lowest BCUT2D eigenvalue weighted by Gasteiger charge is -2.12. The predicted molar refractivity (Wildman–Crippen MR) is 110 cm³/mol. The number of rotatable bonds is 5. The summed E-state index contributed by atoms with van der Waals surface area (Å²) in [6, 6.07) is 17.3. The van der Waals surface area contributed by atoms with Crippen molar-refractivity contribution in [3.63, 3.8) is 0 Å². The Bertz CT molecular complexity index is 1100. The molecule has 6 heteroatoms. The Labute approximate surface area is 165 Å². The molecule has 0 unspecified atom stereocenters. The number of halogens is 1. The molecule has 0 radical (unpaired) electrons. The van der Waals surface area contributed by atoms with E-state index in [2.05, 4.69) is 5.32 Å². The van der Waals surface area contributed by atoms with Crippen LogP contribution in [0, 0.1) is 5.82 Å². The molecule has 140 valence electrons. The molecule has 4 nitrogen and oxygen atoms in total. The number of carbonyl (C=O) groups excluding carboxylic acids is 1. The highest BCUT2D eigenvalue weighted by molar-refractivity contribution is 7.13. The maximum Gasteiger partial charge on any atom is 0.268 e. The zero-order valence-corrected chi connectivity index (χ0v) is 15.9. The van der Waals surface area contributed by atoms with Gasteiger partial charge in [-0.2, -0.15) is 0 Å². The minimum atomic E-state index is -0.296. The Morgan fingerprint density at radius 2 is 1.75 bits per heavy atom. The van der Waals surface area contributed by atoms with Gasteiger partial charge in [-0.3, -0.25) is 4.79 Å². The van der Waals surface area contributed by atoms with Gasteiger partial charge in [0.05, 0.1) is 18.5 Å². The highest BCUT2D eigenvalue weighted by Gasteiger charge is 2.21. The van der Waals surface area contributed by atoms with Crippen molar-refractivity contribution in [1.29, 1.82) is 0 Å². The fourth-order valence-electron chi connectivity index (χ4n) is 3.01. The molecule has 0 aliphatic carbocycles. The van der Waals surface area contributed by atoms with Crippen LogP contribution in [-0.2, 0) is 0 Å². The van der Waals surface area contributed by atoms with Crippen LogP contribution in [0.2, 0.25) is 0 Å². The Hall–Kier alpha value is -3.38. The second-order valence-corrected chi connectivity index (χ2v) is 6.96. The second kappa shape index (κ2) is 7.70. The summed E-state index contributed by atoms with van der Waals surface area (Å²) < 4.78 is 20.6. The molecule has 4 rings (SSSR count). The van der Waals surface area contributed by atoms with E-state index in [1.165, 1.54) is 23.5 Å². The quantitative estimate of drug-likeness (QED) is 0.480. The number of para-hydroxylation sites is 2. The van der Waals surface area contributed by atoms with Crippen molar-refractivity contribution in [2.45, 2.75) is 0 Å². The van der Waals surface area contributed by atoms with Gasteiger partial charge < -0.3 is 14.6 Å². The van der Waals surface area contributed by atoms with E-state index in [4.69, 9.17) is 4.74 Å². The van der Waals surface area contributed by atoms with Crippen LogP contribution in [0.4, 0.5) is 10.1 Å². The summed E-state index contributed by atoms with van der Waals surface area (Å²) in [6.45, 7) is 0. The van der Waals surface area contributed by atoms with Gasteiger partial charge >= 0.3 is 0 Å². The first-order valence-corrected chi connectivity index (χ1v) is 9.50. The van der Waals surface area contributed by atoms with E-state index in [0.29, 0.717) is 16.3 Å². The SMILES string of the molecule is COc1ccccc1NC(=O)c1scc(-c2ccc(F)cc2)c1-n1cccc1. The number of nitrogens with one attached hydrogen (secondary N) is 1. The molecule has 0 saturated heterocycles. The molecular weight excluding hydrogens is 375 g/mol. The molecule has 0 saturated carbocycles. The van der Waals surface area contributed by atoms with E-state index in [0.717, 1.165) is 16.8 Å². The lowest BCUT2D eigenvalue weighted by atomic mass is 10.1. The van der Waals surface area contributed by atoms with E-state index in [1.807, 2.05) is 46.6 Å². The number of thiophene rings is 1. The summed E-state index contributed by atoms with van der Waals surface area (Å²) in [4.78, 5) is 13.6. The number of ether oxygens (including phenoxy) is 1. The molecule has 2 heterocycles. The van der Waals surface area contributed by atoms with Crippen LogP contribution in [0.3, 0.4) is 0 Å². The van der Waals surface area contributed by atoms with Gasteiger partial charge in [0.25, 0.3) is 5.91 Å². The van der Waals surface area contributed by atoms with Crippen molar-refractivity contribution >= 4 is 22.9 Å². The molecule has 2 aromatic heterocycles. The highest BCUT2D eigenvalue weighted by Crippen LogP contribution is 2.36. The number of aromatic nitrogens is 1. The van der Waals surface area contributed by atoms with Crippen molar-refractivity contribution in [2.24, 2.45) is 0 Å². The van der Waals surface area contributed by atoms with E-state index in [-0.39, 0.29) is 11.7 Å². The minimum Gasteiger partial charge on any atom is -0.495 e. The predicted octanol–water partition coefficient (Wildman–Crippen LogP) is 5.61. The third-order valence-electron chi connectivity index (χ3n) is 4.34. The molecule has 2 aromatic carbocycles. The van der Waals surface area contributed by atoms with Crippen LogP contribution in [0.5, 0.6) is 5.75 Å². The Kier molecular flexibility index (Phi) is 4.95. The van der Waals surface area contributed by atoms with Crippen LogP contribution < -0.4 is 10.1 Å². The van der Waals surface area contributed by atoms with Crippen LogP contribution in [0.25, 0.3) is 16.8 Å². The number of hydrogen-bond acceptors (Lipinski definition) is 3. The van der Waals surface area contributed by atoms with Crippen molar-refractivity contribution in [3.8, 4) is 22.6 Å². The molecule has 0 aliphatic heterocycles. The Balaban J connectivity index is 1.77. The standard InChI is InChI=1S/C22H17FN2O2S/c1-27-19-7-3-2-6-18(19)24-22(26)21-20(25-12-4-5-13-25)17(14-28-21)15-8-10-16(23)11-9-15/h2-14H,1H3,(H,24,26). The summed E-state index contributed by atoms with van der Waals surface area (Å²) in [6.07, 6.45) is 3.77. The molecule has 1 amide bonds. The summed E-state index contributed by atoms with van der Waals surface area (Å²) in [5, 5.41) is 4.84. The normalized spacial score (nSPS) is 10.6. The molecular formula is C22H17FN2O2S. The number of benzene rings is 2. The molecule has 0 atom stereocenters. The Morgan fingerprint density at radius 3 is 2.46 bits per heavy atom. The zero-order valence-electron chi connectivity index (χ0n) is 15.1. The fourth-order valence-corrected chi connectivity index (χ4v) is 3.98. The van der Waals surface area contributed by atoms with E-state index in [1.54, 1.807) is 31.4 Å². The molecule has 0 spiro atoms. The number of nitrogens with zero attached hydrogens (tertiary/aromatic N) is 1. The van der Waals surface area contributed by atoms with E-state index < -0.39 is 0 Å². The molecule has 28 heavy (non-hydrogen) atoms. The number of carbonyl (C=O) groups is 1. The van der Waals surface area contributed by atoms with Crippen molar-refractivity contribution in [1.82, 2.24) is 4.57 Å². The summed E-state index contributed by atoms with van der Waals surface area (Å²) >= 11 is 1.35. The van der Waals surface area contributed by atoms with Crippen LogP contribution >= 0.6 is 11.3 Å². The first kappa shape index (κ1) is 18.0. The molecule has 4 aromatic rings. The Morgan fingerprint density at radius 1 is 1.04 bits per heavy atom. The lowest BCUT2D eigenvalue weighted by molar-refractivity contribution is 0.103. The first-order chi connectivity index (χ1) is 13.7. The van der Waals surface area contributed by atoms with Gasteiger partial charge in [-0.05, 0) is 42.0 Å². The minimum absolute atomic E-state index is 0.230. The van der Waals surface area contributed by atoms with Crippen molar-refractivity contribution in [3.05, 3.63) is 89.1 Å². The van der Waals surface area contributed by atoms with Crippen molar-refractivity contribution in [2.75, 3.05) is 12.4 Å². The van der Waals surface area contributed by atoms with Crippen LogP contribution in [0.1, 0.15) is 9.67 Å². The topological polar surface area (TPSA) is 43.3 Å². The first-order valence-electron chi connectivity index (χ1n) is 8.62. The molecule has 0 aliphatic rings. The van der Waals surface area contributed by atoms with Gasteiger partial charge in [-0.25, -0.2) is 4.39 Å². The lowest BCUT2D eigenvalue weighted by Crippen LogP contribution is -2.13. The summed E-state index contributed by atoms with van der Waals surface area (Å²) in [7, 11) is 1.56. The van der Waals surface area contributed by atoms with Gasteiger partial charge in [0, 0.05) is 23.3 Å². The second-order valence-electron chi connectivity index (χ2n) is 6.08. The highest BCUT2D eigenvalue weighted by atomic mass is 32.1. The maximum absolute atomic E-state index is 13.3. The average molecular weight is 392 g/mol. The van der Waals surface area contributed by atoms with Gasteiger partial charge in [0.15, 0.2) is 0 Å². The van der Waals surface area contributed by atoms with Gasteiger partial charge in [0.1, 0.15) is 16.4 Å². The molecule has 0 bridgehead atoms. The number of hydrogen-bond donors (Lipinski definition) is 1. The third-order valence-corrected chi connectivity index (χ3v) is 5.31. The van der Waals surface area contributed by atoms with Crippen molar-refractivity contribution < 1.29 is 13.9 Å². The monoisotopic (exact) mass is 392 g/mol. The van der Waals surface area contributed by atoms with E-state index in [9.17, 15) is 9.18 Å². The molecule has 0 fully saturated rings. The number of amides is 1. The zero-order chi connectivity index (χ0) is 19.5. The van der Waals surface area contributed by atoms with Crippen LogP contribution in [0.15, 0.2) is 78.4 Å². The maximum atomic E-state index is 13.3. The number of methoxy groups -OCH3 is 1. The van der Waals surface area contributed by atoms with Gasteiger partial charge in [-0.15, -0.1) is 11.3 Å². The third kappa shape index (κ3) is 3.42. The summed E-state index contributed by atoms with van der Waals surface area (Å²) in [5.74, 6) is 0.0656. The van der Waals surface area contributed by atoms with Crippen LogP contribution in [-0.4, -0.2) is 17.6 Å². The van der Waals surface area contributed by atoms with E-state index >= 15 is 0 Å². The molecule has 1 N–H and O–H groups in total. The van der Waals surface area contributed by atoms with Gasteiger partial charge in [0.2, 0.25) is 0 Å². The largest absolute Gasteiger partial charge is 0.495 e. The smallest absolute Gasteiger partial charge is 0.268 e. The average Bonchev–Trinajstić information content (AvgIpc) is 3.38.